The molecule has 2 N–H and O–H groups in total. The van der Waals surface area contributed by atoms with Crippen molar-refractivity contribution in [1.82, 2.24) is 0 Å². The molecular formula is C9H15NO2. The second kappa shape index (κ2) is 2.22. The van der Waals surface area contributed by atoms with Gasteiger partial charge >= 0.3 is 0 Å². The molecule has 1 amide bonds. The van der Waals surface area contributed by atoms with E-state index in [-0.39, 0.29) is 11.5 Å². The predicted octanol–water partition coefficient (Wildman–Crippen LogP) is 0.963. The van der Waals surface area contributed by atoms with Crippen LogP contribution in [0.2, 0.25) is 0 Å². The van der Waals surface area contributed by atoms with Gasteiger partial charge in [-0.15, -0.1) is 0 Å². The fourth-order valence-corrected chi connectivity index (χ4v) is 2.34. The number of ether oxygens (including phenoxy) is 1. The van der Waals surface area contributed by atoms with Crippen LogP contribution in [-0.4, -0.2) is 17.1 Å². The van der Waals surface area contributed by atoms with E-state index in [9.17, 15) is 4.79 Å². The van der Waals surface area contributed by atoms with Gasteiger partial charge in [-0.25, -0.2) is 0 Å². The highest BCUT2D eigenvalue weighted by Crippen LogP contribution is 2.56. The number of epoxide rings is 1. The van der Waals surface area contributed by atoms with Gasteiger partial charge in [0.1, 0.15) is 5.60 Å². The lowest BCUT2D eigenvalue weighted by Crippen LogP contribution is -2.37. The molecular weight excluding hydrogens is 154 g/mol. The van der Waals surface area contributed by atoms with Gasteiger partial charge in [-0.1, -0.05) is 19.3 Å². The van der Waals surface area contributed by atoms with Crippen molar-refractivity contribution in [1.29, 1.82) is 0 Å². The highest BCUT2D eigenvalue weighted by atomic mass is 16.6. The summed E-state index contributed by atoms with van der Waals surface area (Å²) in [5.74, 6) is -0.301. The summed E-state index contributed by atoms with van der Waals surface area (Å²) >= 11 is 0. The quantitative estimate of drug-likeness (QED) is 0.594. The molecule has 1 aliphatic carbocycles. The Kier molecular flexibility index (Phi) is 1.49. The fourth-order valence-electron chi connectivity index (χ4n) is 2.34. The third-order valence-electron chi connectivity index (χ3n) is 3.36. The second-order valence-electron chi connectivity index (χ2n) is 4.05. The molecule has 0 radical (unpaired) electrons. The van der Waals surface area contributed by atoms with Gasteiger partial charge in [0.05, 0.1) is 0 Å². The average molecular weight is 169 g/mol. The predicted molar refractivity (Wildman–Crippen MR) is 44.5 cm³/mol. The molecule has 1 aliphatic heterocycles. The minimum absolute atomic E-state index is 0.170. The molecule has 68 valence electrons. The van der Waals surface area contributed by atoms with Crippen LogP contribution in [-0.2, 0) is 9.53 Å². The summed E-state index contributed by atoms with van der Waals surface area (Å²) < 4.78 is 5.52. The van der Waals surface area contributed by atoms with Gasteiger partial charge in [-0.3, -0.25) is 4.79 Å². The molecule has 1 unspecified atom stereocenters. The Bertz CT molecular complexity index is 221. The highest BCUT2D eigenvalue weighted by Gasteiger charge is 2.70. The van der Waals surface area contributed by atoms with Crippen LogP contribution in [0.1, 0.15) is 39.0 Å². The smallest absolute Gasteiger partial charge is 0.252 e. The molecule has 1 saturated heterocycles. The number of primary amides is 1. The van der Waals surface area contributed by atoms with E-state index in [0.29, 0.717) is 0 Å². The molecule has 2 rings (SSSR count). The summed E-state index contributed by atoms with van der Waals surface area (Å²) in [6.07, 6.45) is 5.62. The summed E-state index contributed by atoms with van der Waals surface area (Å²) in [5, 5.41) is 0. The molecule has 2 fully saturated rings. The molecule has 3 heteroatoms. The zero-order valence-electron chi connectivity index (χ0n) is 7.43. The minimum atomic E-state index is -0.645. The van der Waals surface area contributed by atoms with Gasteiger partial charge < -0.3 is 10.5 Å². The van der Waals surface area contributed by atoms with Crippen LogP contribution in [0.3, 0.4) is 0 Å². The minimum Gasteiger partial charge on any atom is -0.367 e. The maximum atomic E-state index is 11.1. The average Bonchev–Trinajstić information content (AvgIpc) is 2.59. The number of hydrogen-bond donors (Lipinski definition) is 1. The van der Waals surface area contributed by atoms with Gasteiger partial charge in [-0.2, -0.15) is 0 Å². The third-order valence-corrected chi connectivity index (χ3v) is 3.36. The van der Waals surface area contributed by atoms with Crippen molar-refractivity contribution in [2.45, 2.75) is 50.2 Å². The van der Waals surface area contributed by atoms with E-state index >= 15 is 0 Å². The van der Waals surface area contributed by atoms with Crippen molar-refractivity contribution >= 4 is 5.91 Å². The highest BCUT2D eigenvalue weighted by molar-refractivity contribution is 5.87. The molecule has 1 heterocycles. The first-order valence-corrected chi connectivity index (χ1v) is 4.61. The van der Waals surface area contributed by atoms with Gasteiger partial charge in [-0.05, 0) is 19.8 Å². The standard InChI is InChI=1S/C9H15NO2/c1-8(7(10)11)9(12-8)5-3-2-4-6-9/h2-6H2,1H3,(H2,10,11). The van der Waals surface area contributed by atoms with Crippen molar-refractivity contribution in [2.24, 2.45) is 5.73 Å². The molecule has 1 saturated carbocycles. The first-order chi connectivity index (χ1) is 5.61. The summed E-state index contributed by atoms with van der Waals surface area (Å²) in [7, 11) is 0. The molecule has 0 aromatic rings. The van der Waals surface area contributed by atoms with E-state index in [1.54, 1.807) is 0 Å². The van der Waals surface area contributed by atoms with Crippen molar-refractivity contribution in [3.8, 4) is 0 Å². The molecule has 12 heavy (non-hydrogen) atoms. The van der Waals surface area contributed by atoms with Gasteiger partial charge in [0.15, 0.2) is 5.60 Å². The molecule has 1 spiro atoms. The Balaban J connectivity index is 2.12. The van der Waals surface area contributed by atoms with E-state index in [1.807, 2.05) is 6.92 Å². The number of nitrogens with two attached hydrogens (primary N) is 1. The molecule has 1 atom stereocenters. The molecule has 0 bridgehead atoms. The number of carbonyl (C=O) groups excluding carboxylic acids is 1. The van der Waals surface area contributed by atoms with Crippen LogP contribution >= 0.6 is 0 Å². The van der Waals surface area contributed by atoms with Crippen LogP contribution < -0.4 is 5.73 Å². The van der Waals surface area contributed by atoms with Crippen LogP contribution in [0.25, 0.3) is 0 Å². The molecule has 2 aliphatic rings. The van der Waals surface area contributed by atoms with E-state index in [2.05, 4.69) is 0 Å². The van der Waals surface area contributed by atoms with Crippen molar-refractivity contribution in [3.05, 3.63) is 0 Å². The Morgan fingerprint density at radius 2 is 1.92 bits per heavy atom. The maximum Gasteiger partial charge on any atom is 0.252 e. The second-order valence-corrected chi connectivity index (χ2v) is 4.05. The lowest BCUT2D eigenvalue weighted by atomic mass is 9.80. The zero-order chi connectivity index (χ0) is 8.82. The number of carbonyl (C=O) groups is 1. The monoisotopic (exact) mass is 169 g/mol. The Labute approximate surface area is 72.3 Å². The van der Waals surface area contributed by atoms with E-state index in [4.69, 9.17) is 10.5 Å². The van der Waals surface area contributed by atoms with Crippen molar-refractivity contribution < 1.29 is 9.53 Å². The summed E-state index contributed by atoms with van der Waals surface area (Å²) in [6, 6.07) is 0. The lowest BCUT2D eigenvalue weighted by molar-refractivity contribution is -0.122. The largest absolute Gasteiger partial charge is 0.367 e. The fraction of sp³-hybridized carbons (Fsp3) is 0.889. The van der Waals surface area contributed by atoms with Crippen LogP contribution in [0.4, 0.5) is 0 Å². The first-order valence-electron chi connectivity index (χ1n) is 4.61. The molecule has 3 nitrogen and oxygen atoms in total. The number of rotatable bonds is 1. The summed E-state index contributed by atoms with van der Waals surface area (Å²) in [4.78, 5) is 11.1. The van der Waals surface area contributed by atoms with Gasteiger partial charge in [0.25, 0.3) is 5.91 Å². The SMILES string of the molecule is CC1(C(N)=O)OC12CCCCC2. The lowest BCUT2D eigenvalue weighted by Gasteiger charge is -2.19. The van der Waals surface area contributed by atoms with Crippen LogP contribution in [0.5, 0.6) is 0 Å². The zero-order valence-corrected chi connectivity index (χ0v) is 7.43. The number of amides is 1. The third kappa shape index (κ3) is 0.829. The normalized spacial score (nSPS) is 38.1. The molecule has 0 aromatic carbocycles. The van der Waals surface area contributed by atoms with Crippen molar-refractivity contribution in [3.63, 3.8) is 0 Å². The molecule has 0 aromatic heterocycles. The Hall–Kier alpha value is -0.570. The Morgan fingerprint density at radius 3 is 2.33 bits per heavy atom. The first kappa shape index (κ1) is 8.05. The van der Waals surface area contributed by atoms with Crippen LogP contribution in [0, 0.1) is 0 Å². The Morgan fingerprint density at radius 1 is 1.33 bits per heavy atom. The van der Waals surface area contributed by atoms with Gasteiger partial charge in [0.2, 0.25) is 0 Å². The van der Waals surface area contributed by atoms with E-state index in [0.717, 1.165) is 12.8 Å². The topological polar surface area (TPSA) is 55.6 Å². The maximum absolute atomic E-state index is 11.1. The van der Waals surface area contributed by atoms with Crippen LogP contribution in [0.15, 0.2) is 0 Å². The number of hydrogen-bond acceptors (Lipinski definition) is 2. The van der Waals surface area contributed by atoms with Crippen molar-refractivity contribution in [2.75, 3.05) is 0 Å². The van der Waals surface area contributed by atoms with Gasteiger partial charge in [0, 0.05) is 0 Å². The summed E-state index contributed by atoms with van der Waals surface area (Å²) in [5.41, 5.74) is 4.46. The summed E-state index contributed by atoms with van der Waals surface area (Å²) in [6.45, 7) is 1.82. The van der Waals surface area contributed by atoms with E-state index in [1.165, 1.54) is 19.3 Å². The van der Waals surface area contributed by atoms with E-state index < -0.39 is 5.60 Å².